The Labute approximate surface area is 164 Å². The first-order valence-electron chi connectivity index (χ1n) is 8.98. The number of carbonyl (C=O) groups excluding carboxylic acids is 1. The highest BCUT2D eigenvalue weighted by Gasteiger charge is 2.29. The summed E-state index contributed by atoms with van der Waals surface area (Å²) in [5.74, 6) is -0.0364. The largest absolute Gasteiger partial charge is 0.348 e. The van der Waals surface area contributed by atoms with Gasteiger partial charge in [-0.3, -0.25) is 9.69 Å². The van der Waals surface area contributed by atoms with Crippen LogP contribution in [0.2, 0.25) is 0 Å². The molecule has 0 bridgehead atoms. The Balaban J connectivity index is 1.51. The Hall–Kier alpha value is -1.74. The third-order valence-electron chi connectivity index (χ3n) is 4.70. The molecular weight excluding hydrogens is 382 g/mol. The maximum Gasteiger partial charge on any atom is 0.243 e. The van der Waals surface area contributed by atoms with Crippen molar-refractivity contribution >= 4 is 27.3 Å². The number of hydrogen-bond donors (Lipinski definition) is 1. The van der Waals surface area contributed by atoms with Crippen molar-refractivity contribution in [1.29, 1.82) is 0 Å². The number of amides is 1. The van der Waals surface area contributed by atoms with Crippen molar-refractivity contribution in [3.8, 4) is 0 Å². The molecule has 0 spiro atoms. The molecule has 1 aromatic heterocycles. The lowest BCUT2D eigenvalue weighted by molar-refractivity contribution is -0.123. The number of hydrogen-bond acceptors (Lipinski definition) is 5. The molecule has 0 radical (unpaired) electrons. The zero-order chi connectivity index (χ0) is 19.4. The number of aryl methyl sites for hydroxylation is 1. The van der Waals surface area contributed by atoms with Crippen LogP contribution in [-0.4, -0.2) is 56.3 Å². The standard InChI is InChI=1S/C19H25N3O3S2/c1-15-5-7-17(8-6-15)27(24,25)22-11-9-21(10-12-22)14-19(23)20-16(2)18-4-3-13-26-18/h3-8,13,16H,9-12,14H2,1-2H3,(H,20,23). The van der Waals surface area contributed by atoms with E-state index >= 15 is 0 Å². The van der Waals surface area contributed by atoms with E-state index in [9.17, 15) is 13.2 Å². The Bertz CT molecular complexity index is 856. The highest BCUT2D eigenvalue weighted by molar-refractivity contribution is 7.89. The van der Waals surface area contributed by atoms with Gasteiger partial charge in [0.15, 0.2) is 0 Å². The summed E-state index contributed by atoms with van der Waals surface area (Å²) in [6.45, 7) is 6.06. The molecule has 1 fully saturated rings. The van der Waals surface area contributed by atoms with Crippen molar-refractivity contribution < 1.29 is 13.2 Å². The molecule has 1 aliphatic heterocycles. The molecular formula is C19H25N3O3S2. The zero-order valence-corrected chi connectivity index (χ0v) is 17.2. The van der Waals surface area contributed by atoms with Crippen molar-refractivity contribution in [1.82, 2.24) is 14.5 Å². The van der Waals surface area contributed by atoms with Gasteiger partial charge in [-0.15, -0.1) is 11.3 Å². The first-order chi connectivity index (χ1) is 12.9. The second kappa shape index (κ2) is 8.52. The first kappa shape index (κ1) is 20.0. The number of nitrogens with zero attached hydrogens (tertiary/aromatic N) is 2. The number of carbonyl (C=O) groups is 1. The molecule has 1 amide bonds. The minimum absolute atomic E-state index is 0.0132. The van der Waals surface area contributed by atoms with Crippen LogP contribution >= 0.6 is 11.3 Å². The number of rotatable bonds is 6. The number of sulfonamides is 1. The fourth-order valence-electron chi connectivity index (χ4n) is 3.09. The molecule has 1 saturated heterocycles. The van der Waals surface area contributed by atoms with Gasteiger partial charge in [-0.05, 0) is 37.4 Å². The van der Waals surface area contributed by atoms with E-state index in [1.807, 2.05) is 48.4 Å². The number of thiophene rings is 1. The monoisotopic (exact) mass is 407 g/mol. The second-order valence-electron chi connectivity index (χ2n) is 6.80. The van der Waals surface area contributed by atoms with Crippen LogP contribution in [0.4, 0.5) is 0 Å². The summed E-state index contributed by atoms with van der Waals surface area (Å²) < 4.78 is 27.0. The summed E-state index contributed by atoms with van der Waals surface area (Å²) in [6, 6.07) is 10.9. The lowest BCUT2D eigenvalue weighted by atomic mass is 10.2. The molecule has 2 aromatic rings. The van der Waals surface area contributed by atoms with Gasteiger partial charge >= 0.3 is 0 Å². The first-order valence-corrected chi connectivity index (χ1v) is 11.3. The number of benzene rings is 1. The van der Waals surface area contributed by atoms with Crippen molar-refractivity contribution in [2.75, 3.05) is 32.7 Å². The van der Waals surface area contributed by atoms with E-state index in [1.54, 1.807) is 23.5 Å². The molecule has 1 aliphatic rings. The quantitative estimate of drug-likeness (QED) is 0.797. The van der Waals surface area contributed by atoms with Crippen LogP contribution in [0, 0.1) is 6.92 Å². The van der Waals surface area contributed by atoms with Gasteiger partial charge in [-0.2, -0.15) is 4.31 Å². The Morgan fingerprint density at radius 2 is 1.81 bits per heavy atom. The van der Waals surface area contributed by atoms with Gasteiger partial charge in [-0.25, -0.2) is 8.42 Å². The normalized spacial score (nSPS) is 17.6. The maximum absolute atomic E-state index is 12.7. The molecule has 1 unspecified atom stereocenters. The van der Waals surface area contributed by atoms with Crippen molar-refractivity contribution in [2.45, 2.75) is 24.8 Å². The van der Waals surface area contributed by atoms with E-state index in [0.717, 1.165) is 10.4 Å². The second-order valence-corrected chi connectivity index (χ2v) is 9.72. The maximum atomic E-state index is 12.7. The average Bonchev–Trinajstić information content (AvgIpc) is 3.17. The molecule has 8 heteroatoms. The predicted octanol–water partition coefficient (Wildman–Crippen LogP) is 2.24. The van der Waals surface area contributed by atoms with Crippen LogP contribution in [0.3, 0.4) is 0 Å². The zero-order valence-electron chi connectivity index (χ0n) is 15.6. The van der Waals surface area contributed by atoms with Crippen LogP contribution in [0.15, 0.2) is 46.7 Å². The van der Waals surface area contributed by atoms with E-state index < -0.39 is 10.0 Å². The highest BCUT2D eigenvalue weighted by Crippen LogP contribution is 2.19. The molecule has 0 aliphatic carbocycles. The summed E-state index contributed by atoms with van der Waals surface area (Å²) in [4.78, 5) is 15.7. The van der Waals surface area contributed by atoms with Crippen LogP contribution in [0.25, 0.3) is 0 Å². The van der Waals surface area contributed by atoms with E-state index in [1.165, 1.54) is 4.31 Å². The highest BCUT2D eigenvalue weighted by atomic mass is 32.2. The fourth-order valence-corrected chi connectivity index (χ4v) is 5.24. The van der Waals surface area contributed by atoms with Gasteiger partial charge in [0.05, 0.1) is 17.5 Å². The number of nitrogens with one attached hydrogen (secondary N) is 1. The van der Waals surface area contributed by atoms with Crippen LogP contribution < -0.4 is 5.32 Å². The molecule has 1 atom stereocenters. The average molecular weight is 408 g/mol. The Morgan fingerprint density at radius 1 is 1.15 bits per heavy atom. The molecule has 146 valence electrons. The van der Waals surface area contributed by atoms with Gasteiger partial charge in [0.1, 0.15) is 0 Å². The van der Waals surface area contributed by atoms with Crippen molar-refractivity contribution in [3.05, 3.63) is 52.2 Å². The summed E-state index contributed by atoms with van der Waals surface area (Å²) in [5.41, 5.74) is 1.03. The van der Waals surface area contributed by atoms with Gasteiger partial charge in [0.2, 0.25) is 15.9 Å². The van der Waals surface area contributed by atoms with Crippen LogP contribution in [-0.2, 0) is 14.8 Å². The van der Waals surface area contributed by atoms with E-state index in [4.69, 9.17) is 0 Å². The lowest BCUT2D eigenvalue weighted by Crippen LogP contribution is -2.51. The van der Waals surface area contributed by atoms with Gasteiger partial charge in [0, 0.05) is 31.1 Å². The summed E-state index contributed by atoms with van der Waals surface area (Å²) in [7, 11) is -3.47. The van der Waals surface area contributed by atoms with Crippen LogP contribution in [0.1, 0.15) is 23.4 Å². The van der Waals surface area contributed by atoms with Crippen LogP contribution in [0.5, 0.6) is 0 Å². The lowest BCUT2D eigenvalue weighted by Gasteiger charge is -2.33. The Kier molecular flexibility index (Phi) is 6.31. The van der Waals surface area contributed by atoms with Crippen molar-refractivity contribution in [3.63, 3.8) is 0 Å². The minimum atomic E-state index is -3.47. The number of piperazine rings is 1. The van der Waals surface area contributed by atoms with Gasteiger partial charge in [-0.1, -0.05) is 23.8 Å². The topological polar surface area (TPSA) is 69.7 Å². The third-order valence-corrected chi connectivity index (χ3v) is 7.67. The van der Waals surface area contributed by atoms with Gasteiger partial charge < -0.3 is 5.32 Å². The fraction of sp³-hybridized carbons (Fsp3) is 0.421. The van der Waals surface area contributed by atoms with Gasteiger partial charge in [0.25, 0.3) is 0 Å². The predicted molar refractivity (Wildman–Crippen MR) is 107 cm³/mol. The van der Waals surface area contributed by atoms with E-state index in [-0.39, 0.29) is 18.5 Å². The SMILES string of the molecule is Cc1ccc(S(=O)(=O)N2CCN(CC(=O)NC(C)c3cccs3)CC2)cc1. The Morgan fingerprint density at radius 3 is 2.41 bits per heavy atom. The third kappa shape index (κ3) is 4.95. The summed E-state index contributed by atoms with van der Waals surface area (Å²) in [6.07, 6.45) is 0. The minimum Gasteiger partial charge on any atom is -0.348 e. The molecule has 1 N–H and O–H groups in total. The van der Waals surface area contributed by atoms with E-state index in [2.05, 4.69) is 5.32 Å². The smallest absolute Gasteiger partial charge is 0.243 e. The molecule has 3 rings (SSSR count). The summed E-state index contributed by atoms with van der Waals surface area (Å²) >= 11 is 1.62. The summed E-state index contributed by atoms with van der Waals surface area (Å²) in [5, 5.41) is 4.99. The molecule has 2 heterocycles. The molecule has 27 heavy (non-hydrogen) atoms. The molecule has 1 aromatic carbocycles. The van der Waals surface area contributed by atoms with E-state index in [0.29, 0.717) is 31.1 Å². The molecule has 0 saturated carbocycles. The molecule has 6 nitrogen and oxygen atoms in total. The van der Waals surface area contributed by atoms with Crippen molar-refractivity contribution in [2.24, 2.45) is 0 Å².